The number of benzene rings is 1. The maximum atomic E-state index is 13.3. The summed E-state index contributed by atoms with van der Waals surface area (Å²) in [4.78, 5) is 20.8. The van der Waals surface area contributed by atoms with Crippen molar-refractivity contribution < 1.29 is 18.0 Å². The van der Waals surface area contributed by atoms with Crippen LogP contribution in [0.3, 0.4) is 0 Å². The molecule has 6 nitrogen and oxygen atoms in total. The summed E-state index contributed by atoms with van der Waals surface area (Å²) in [6, 6.07) is 10.5. The lowest BCUT2D eigenvalue weighted by atomic mass is 10.1. The van der Waals surface area contributed by atoms with E-state index in [2.05, 4.69) is 15.0 Å². The number of nitrogens with zero attached hydrogens (tertiary/aromatic N) is 5. The lowest BCUT2D eigenvalue weighted by Crippen LogP contribution is -2.49. The first-order valence-corrected chi connectivity index (χ1v) is 9.95. The van der Waals surface area contributed by atoms with Gasteiger partial charge in [0.15, 0.2) is 5.82 Å². The molecule has 4 rings (SSSR count). The van der Waals surface area contributed by atoms with E-state index in [1.807, 2.05) is 32.0 Å². The van der Waals surface area contributed by atoms with Gasteiger partial charge in [-0.1, -0.05) is 18.2 Å². The number of piperazine rings is 1. The number of carbonyl (C=O) groups is 1. The van der Waals surface area contributed by atoms with Crippen LogP contribution in [0.2, 0.25) is 0 Å². The Balaban J connectivity index is 1.52. The molecule has 0 unspecified atom stereocenters. The first kappa shape index (κ1) is 20.9. The van der Waals surface area contributed by atoms with Gasteiger partial charge in [0.2, 0.25) is 0 Å². The van der Waals surface area contributed by atoms with Gasteiger partial charge in [-0.2, -0.15) is 18.3 Å². The van der Waals surface area contributed by atoms with Gasteiger partial charge in [-0.25, -0.2) is 9.67 Å². The Morgan fingerprint density at radius 3 is 2.29 bits per heavy atom. The average molecular weight is 429 g/mol. The van der Waals surface area contributed by atoms with E-state index in [9.17, 15) is 18.0 Å². The summed E-state index contributed by atoms with van der Waals surface area (Å²) in [6.45, 7) is 5.56. The third-order valence-corrected chi connectivity index (χ3v) is 5.47. The van der Waals surface area contributed by atoms with Crippen molar-refractivity contribution in [1.82, 2.24) is 19.7 Å². The zero-order chi connectivity index (χ0) is 22.2. The van der Waals surface area contributed by atoms with Crippen molar-refractivity contribution in [3.63, 3.8) is 0 Å². The van der Waals surface area contributed by atoms with Gasteiger partial charge in [0.05, 0.1) is 28.2 Å². The normalized spacial score (nSPS) is 14.7. The number of halogens is 3. The largest absolute Gasteiger partial charge is 0.417 e. The highest BCUT2D eigenvalue weighted by molar-refractivity contribution is 5.96. The van der Waals surface area contributed by atoms with Crippen LogP contribution < -0.4 is 4.90 Å². The van der Waals surface area contributed by atoms with Crippen LogP contribution in [0.15, 0.2) is 48.7 Å². The zero-order valence-corrected chi connectivity index (χ0v) is 17.2. The van der Waals surface area contributed by atoms with Gasteiger partial charge in [-0.3, -0.25) is 4.79 Å². The second-order valence-electron chi connectivity index (χ2n) is 7.44. The summed E-state index contributed by atoms with van der Waals surface area (Å²) < 4.78 is 41.7. The van der Waals surface area contributed by atoms with Crippen LogP contribution in [0, 0.1) is 13.8 Å². The number of anilines is 1. The lowest BCUT2D eigenvalue weighted by molar-refractivity contribution is -0.138. The monoisotopic (exact) mass is 429 g/mol. The van der Waals surface area contributed by atoms with Crippen molar-refractivity contribution >= 4 is 11.6 Å². The Hall–Kier alpha value is -3.36. The molecular formula is C22H22F3N5O. The molecular weight excluding hydrogens is 407 g/mol. The van der Waals surface area contributed by atoms with Gasteiger partial charge < -0.3 is 9.80 Å². The molecule has 0 atom stereocenters. The van der Waals surface area contributed by atoms with E-state index in [1.165, 1.54) is 23.1 Å². The van der Waals surface area contributed by atoms with Crippen LogP contribution in [0.1, 0.15) is 27.3 Å². The molecule has 1 fully saturated rings. The van der Waals surface area contributed by atoms with Crippen molar-refractivity contribution in [3.8, 4) is 5.82 Å². The van der Waals surface area contributed by atoms with Crippen molar-refractivity contribution in [2.45, 2.75) is 20.0 Å². The average Bonchev–Trinajstić information content (AvgIpc) is 3.07. The topological polar surface area (TPSA) is 54.3 Å². The molecule has 1 aromatic carbocycles. The van der Waals surface area contributed by atoms with E-state index in [0.717, 1.165) is 23.1 Å². The Morgan fingerprint density at radius 2 is 1.65 bits per heavy atom. The van der Waals surface area contributed by atoms with Crippen LogP contribution in [0.25, 0.3) is 5.82 Å². The molecule has 0 N–H and O–H groups in total. The molecule has 0 aliphatic carbocycles. The van der Waals surface area contributed by atoms with Crippen molar-refractivity contribution in [1.29, 1.82) is 0 Å². The molecule has 0 bridgehead atoms. The molecule has 0 spiro atoms. The SMILES string of the molecule is Cc1nn(-c2ccccn2)c(C)c1N1CCN(C(=O)c2ccccc2C(F)(F)F)CC1. The summed E-state index contributed by atoms with van der Waals surface area (Å²) in [5.74, 6) is 0.122. The second-order valence-corrected chi connectivity index (χ2v) is 7.44. The number of rotatable bonds is 3. The smallest absolute Gasteiger partial charge is 0.365 e. The Labute approximate surface area is 177 Å². The number of hydrogen-bond acceptors (Lipinski definition) is 4. The quantitative estimate of drug-likeness (QED) is 0.635. The fraction of sp³-hybridized carbons (Fsp3) is 0.318. The van der Waals surface area contributed by atoms with Crippen LogP contribution in [0.4, 0.5) is 18.9 Å². The molecule has 31 heavy (non-hydrogen) atoms. The zero-order valence-electron chi connectivity index (χ0n) is 17.2. The molecule has 0 saturated carbocycles. The summed E-state index contributed by atoms with van der Waals surface area (Å²) in [6.07, 6.45) is -2.86. The molecule has 0 radical (unpaired) electrons. The summed E-state index contributed by atoms with van der Waals surface area (Å²) in [5, 5.41) is 4.60. The summed E-state index contributed by atoms with van der Waals surface area (Å²) in [5.41, 5.74) is 1.53. The third-order valence-electron chi connectivity index (χ3n) is 5.47. The minimum absolute atomic E-state index is 0.307. The van der Waals surface area contributed by atoms with E-state index in [0.29, 0.717) is 32.0 Å². The fourth-order valence-corrected chi connectivity index (χ4v) is 4.01. The highest BCUT2D eigenvalue weighted by Crippen LogP contribution is 2.33. The minimum Gasteiger partial charge on any atom is -0.365 e. The third kappa shape index (κ3) is 3.99. The first-order valence-electron chi connectivity index (χ1n) is 9.95. The molecule has 1 aliphatic heterocycles. The van der Waals surface area contributed by atoms with E-state index < -0.39 is 17.6 Å². The maximum absolute atomic E-state index is 13.3. The van der Waals surface area contributed by atoms with Crippen molar-refractivity contribution in [3.05, 3.63) is 71.2 Å². The molecule has 1 amide bonds. The summed E-state index contributed by atoms with van der Waals surface area (Å²) >= 11 is 0. The van der Waals surface area contributed by atoms with Gasteiger partial charge >= 0.3 is 6.18 Å². The second kappa shape index (κ2) is 8.05. The number of carbonyl (C=O) groups excluding carboxylic acids is 1. The first-order chi connectivity index (χ1) is 14.8. The minimum atomic E-state index is -4.57. The molecule has 162 valence electrons. The molecule has 3 heterocycles. The predicted molar refractivity (Wildman–Crippen MR) is 110 cm³/mol. The standard InChI is InChI=1S/C22H22F3N5O/c1-15-20(16(2)30(27-15)19-9-5-6-10-26-19)28-11-13-29(14-12-28)21(31)17-7-3-4-8-18(17)22(23,24)25/h3-10H,11-14H2,1-2H3. The van der Waals surface area contributed by atoms with Crippen LogP contribution in [0.5, 0.6) is 0 Å². The van der Waals surface area contributed by atoms with E-state index in [4.69, 9.17) is 0 Å². The molecule has 2 aromatic heterocycles. The van der Waals surface area contributed by atoms with E-state index >= 15 is 0 Å². The van der Waals surface area contributed by atoms with Gasteiger partial charge in [0.25, 0.3) is 5.91 Å². The van der Waals surface area contributed by atoms with Gasteiger partial charge in [-0.15, -0.1) is 0 Å². The van der Waals surface area contributed by atoms with Gasteiger partial charge in [0.1, 0.15) is 0 Å². The number of hydrogen-bond donors (Lipinski definition) is 0. The number of pyridine rings is 1. The molecule has 3 aromatic rings. The summed E-state index contributed by atoms with van der Waals surface area (Å²) in [7, 11) is 0. The van der Waals surface area contributed by atoms with E-state index in [-0.39, 0.29) is 5.56 Å². The highest BCUT2D eigenvalue weighted by Gasteiger charge is 2.36. The highest BCUT2D eigenvalue weighted by atomic mass is 19.4. The number of amides is 1. The van der Waals surface area contributed by atoms with Crippen molar-refractivity contribution in [2.24, 2.45) is 0 Å². The van der Waals surface area contributed by atoms with Crippen LogP contribution in [-0.2, 0) is 6.18 Å². The molecule has 1 aliphatic rings. The van der Waals surface area contributed by atoms with Crippen molar-refractivity contribution in [2.75, 3.05) is 31.1 Å². The number of aromatic nitrogens is 3. The maximum Gasteiger partial charge on any atom is 0.417 e. The van der Waals surface area contributed by atoms with Gasteiger partial charge in [-0.05, 0) is 38.1 Å². The van der Waals surface area contributed by atoms with Crippen LogP contribution in [-0.4, -0.2) is 51.8 Å². The molecule has 9 heteroatoms. The molecule has 1 saturated heterocycles. The predicted octanol–water partition coefficient (Wildman–Crippen LogP) is 3.87. The Kier molecular flexibility index (Phi) is 5.43. The Bertz CT molecular complexity index is 1090. The van der Waals surface area contributed by atoms with Gasteiger partial charge in [0, 0.05) is 32.4 Å². The number of alkyl halides is 3. The fourth-order valence-electron chi connectivity index (χ4n) is 4.01. The lowest BCUT2D eigenvalue weighted by Gasteiger charge is -2.36. The Morgan fingerprint density at radius 1 is 0.968 bits per heavy atom. The number of aryl methyl sites for hydroxylation is 1. The van der Waals surface area contributed by atoms with E-state index in [1.54, 1.807) is 10.9 Å². The van der Waals surface area contributed by atoms with Crippen LogP contribution >= 0.6 is 0 Å².